The number of hydrogen-bond donors (Lipinski definition) is 0. The molecule has 0 radical (unpaired) electrons. The molecule has 4 atom stereocenters. The SMILES string of the molecule is CC1=C(C)C2C(P(=S)(c3ccccc3)c3ccccc3)CC1[As]2c1ccccc1. The van der Waals surface area contributed by atoms with E-state index in [2.05, 4.69) is 105 Å². The van der Waals surface area contributed by atoms with Crippen LogP contribution in [0.3, 0.4) is 0 Å². The fourth-order valence-corrected chi connectivity index (χ4v) is 21.0. The Morgan fingerprint density at radius 3 is 1.72 bits per heavy atom. The van der Waals surface area contributed by atoms with E-state index in [-0.39, 0.29) is 0 Å². The predicted molar refractivity (Wildman–Crippen MR) is 133 cm³/mol. The zero-order chi connectivity index (χ0) is 20.0. The molecular weight excluding hydrogens is 450 g/mol. The Morgan fingerprint density at radius 1 is 0.724 bits per heavy atom. The van der Waals surface area contributed by atoms with E-state index in [0.29, 0.717) is 10.4 Å². The van der Waals surface area contributed by atoms with Crippen molar-refractivity contribution in [1.82, 2.24) is 0 Å². The van der Waals surface area contributed by atoms with Crippen LogP contribution in [-0.2, 0) is 11.8 Å². The van der Waals surface area contributed by atoms with Crippen LogP contribution in [0, 0.1) is 0 Å². The Kier molecular flexibility index (Phi) is 5.19. The van der Waals surface area contributed by atoms with Gasteiger partial charge in [-0.1, -0.05) is 0 Å². The summed E-state index contributed by atoms with van der Waals surface area (Å²) in [4.78, 5) is 0. The number of allylic oxidation sites excluding steroid dienone is 2. The molecule has 0 nitrogen and oxygen atoms in total. The summed E-state index contributed by atoms with van der Waals surface area (Å²) in [6.07, 6.45) is 1.28. The van der Waals surface area contributed by atoms with Crippen LogP contribution in [0.1, 0.15) is 20.3 Å². The van der Waals surface area contributed by atoms with Crippen molar-refractivity contribution in [3.05, 3.63) is 102 Å². The second-order valence-corrected chi connectivity index (χ2v) is 18.2. The summed E-state index contributed by atoms with van der Waals surface area (Å²) in [5.74, 6) is 0. The third-order valence-electron chi connectivity index (χ3n) is 6.83. The van der Waals surface area contributed by atoms with Gasteiger partial charge in [-0.2, -0.15) is 0 Å². The zero-order valence-electron chi connectivity index (χ0n) is 16.9. The standard InChI is InChI=1S/C26H26AsPS/c1-19-20(2)26-25(18-24(19)27(26)21-12-6-3-7-13-21)28(29,22-14-8-4-9-15-22)23-16-10-5-11-17-23/h3-17,24-26H,18H2,1-2H3. The molecule has 2 aliphatic heterocycles. The molecule has 2 bridgehead atoms. The van der Waals surface area contributed by atoms with E-state index in [4.69, 9.17) is 11.8 Å². The molecule has 2 aliphatic rings. The topological polar surface area (TPSA) is 0 Å². The predicted octanol–water partition coefficient (Wildman–Crippen LogP) is 5.38. The molecule has 146 valence electrons. The van der Waals surface area contributed by atoms with Crippen molar-refractivity contribution in [2.75, 3.05) is 0 Å². The van der Waals surface area contributed by atoms with Gasteiger partial charge < -0.3 is 0 Å². The number of hydrogen-bond acceptors (Lipinski definition) is 1. The zero-order valence-corrected chi connectivity index (χ0v) is 20.5. The van der Waals surface area contributed by atoms with Gasteiger partial charge in [0, 0.05) is 0 Å². The molecule has 3 aromatic rings. The summed E-state index contributed by atoms with van der Waals surface area (Å²) in [7, 11) is 0. The van der Waals surface area contributed by atoms with Gasteiger partial charge >= 0.3 is 185 Å². The third kappa shape index (κ3) is 3.06. The Bertz CT molecular complexity index is 1050. The number of fused-ring (bicyclic) bond motifs is 2. The first-order valence-electron chi connectivity index (χ1n) is 10.3. The van der Waals surface area contributed by atoms with Gasteiger partial charge in [0.1, 0.15) is 0 Å². The Hall–Kier alpha value is -1.39. The van der Waals surface area contributed by atoms with Gasteiger partial charge in [-0.25, -0.2) is 0 Å². The second kappa shape index (κ2) is 7.70. The molecule has 0 spiro atoms. The molecule has 0 N–H and O–H groups in total. The Morgan fingerprint density at radius 2 is 1.21 bits per heavy atom. The van der Waals surface area contributed by atoms with Crippen LogP contribution in [0.4, 0.5) is 0 Å². The molecule has 1 saturated heterocycles. The van der Waals surface area contributed by atoms with Crippen molar-refractivity contribution in [2.45, 2.75) is 35.3 Å². The first-order chi connectivity index (χ1) is 14.1. The van der Waals surface area contributed by atoms with Gasteiger partial charge in [0.2, 0.25) is 0 Å². The van der Waals surface area contributed by atoms with E-state index >= 15 is 0 Å². The van der Waals surface area contributed by atoms with E-state index in [1.165, 1.54) is 17.0 Å². The van der Waals surface area contributed by atoms with Gasteiger partial charge in [0.15, 0.2) is 0 Å². The summed E-state index contributed by atoms with van der Waals surface area (Å²) in [5, 5.41) is 2.79. The van der Waals surface area contributed by atoms with Gasteiger partial charge in [-0.05, 0) is 0 Å². The van der Waals surface area contributed by atoms with E-state index in [9.17, 15) is 0 Å². The normalized spacial score (nSPS) is 26.1. The number of benzene rings is 3. The molecule has 0 aromatic heterocycles. The van der Waals surface area contributed by atoms with Gasteiger partial charge in [0.05, 0.1) is 0 Å². The van der Waals surface area contributed by atoms with Gasteiger partial charge in [-0.3, -0.25) is 0 Å². The average molecular weight is 476 g/mol. The Balaban J connectivity index is 1.68. The quantitative estimate of drug-likeness (QED) is 0.277. The molecule has 3 heteroatoms. The van der Waals surface area contributed by atoms with Crippen molar-refractivity contribution in [2.24, 2.45) is 0 Å². The molecule has 4 unspecified atom stereocenters. The molecular formula is C26H26AsPS. The summed E-state index contributed by atoms with van der Waals surface area (Å²) in [6.45, 7) is 4.81. The molecule has 0 amide bonds. The summed E-state index contributed by atoms with van der Waals surface area (Å²) in [5.41, 5.74) is 3.94. The Labute approximate surface area is 184 Å². The fourth-order valence-electron chi connectivity index (χ4n) is 5.35. The molecule has 5 rings (SSSR count). The molecule has 0 aliphatic carbocycles. The van der Waals surface area contributed by atoms with Crippen LogP contribution in [0.15, 0.2) is 102 Å². The first kappa shape index (κ1) is 19.6. The minimum atomic E-state index is -1.90. The maximum atomic E-state index is 6.76. The fraction of sp³-hybridized carbons (Fsp3) is 0.231. The van der Waals surface area contributed by atoms with Crippen LogP contribution in [0.2, 0.25) is 9.41 Å². The maximum absolute atomic E-state index is 6.76. The summed E-state index contributed by atoms with van der Waals surface area (Å²) >= 11 is 5.53. The molecule has 0 saturated carbocycles. The third-order valence-corrected chi connectivity index (χ3v) is 20.4. The molecule has 1 fully saturated rings. The van der Waals surface area contributed by atoms with Gasteiger partial charge in [0.25, 0.3) is 0 Å². The summed E-state index contributed by atoms with van der Waals surface area (Å²) < 4.78 is 3.10. The number of rotatable bonds is 4. The van der Waals surface area contributed by atoms with E-state index in [0.717, 1.165) is 4.71 Å². The van der Waals surface area contributed by atoms with Crippen molar-refractivity contribution >= 4 is 47.5 Å². The van der Waals surface area contributed by atoms with E-state index < -0.39 is 20.7 Å². The summed E-state index contributed by atoms with van der Waals surface area (Å²) in [6, 6.07) is 31.6. The molecule has 2 heterocycles. The van der Waals surface area contributed by atoms with Crippen LogP contribution < -0.4 is 15.0 Å². The van der Waals surface area contributed by atoms with Gasteiger partial charge in [-0.15, -0.1) is 0 Å². The van der Waals surface area contributed by atoms with Crippen molar-refractivity contribution in [3.8, 4) is 0 Å². The van der Waals surface area contributed by atoms with Crippen LogP contribution in [0.25, 0.3) is 0 Å². The van der Waals surface area contributed by atoms with Crippen molar-refractivity contribution in [3.63, 3.8) is 0 Å². The van der Waals surface area contributed by atoms with Crippen LogP contribution >= 0.6 is 6.04 Å². The van der Waals surface area contributed by atoms with Crippen LogP contribution in [0.5, 0.6) is 0 Å². The van der Waals surface area contributed by atoms with E-state index in [1.807, 2.05) is 0 Å². The van der Waals surface area contributed by atoms with Crippen molar-refractivity contribution < 1.29 is 0 Å². The first-order valence-corrected chi connectivity index (χ1v) is 16.3. The second-order valence-electron chi connectivity index (χ2n) is 8.20. The monoisotopic (exact) mass is 476 g/mol. The van der Waals surface area contributed by atoms with Crippen molar-refractivity contribution in [1.29, 1.82) is 0 Å². The molecule has 29 heavy (non-hydrogen) atoms. The average Bonchev–Trinajstić information content (AvgIpc) is 3.29. The molecule has 3 aromatic carbocycles. The van der Waals surface area contributed by atoms with E-state index in [1.54, 1.807) is 15.5 Å². The minimum absolute atomic E-state index is 0.594. The van der Waals surface area contributed by atoms with Crippen LogP contribution in [-0.4, -0.2) is 20.3 Å².